The highest BCUT2D eigenvalue weighted by Crippen LogP contribution is 2.34. The van der Waals surface area contributed by atoms with Crippen LogP contribution in [0.4, 0.5) is 11.8 Å². The Bertz CT molecular complexity index is 1480. The molecule has 228 valence electrons. The normalized spacial score (nSPS) is 21.2. The first kappa shape index (κ1) is 29.0. The minimum absolute atomic E-state index is 0.0140. The SMILES string of the molecule is [2H]CCNC(=O)[C@H]1O[C@H](n2cnc3c(NCC(c4ccccc4)c4ccccc4)nc(NC(CO)C(C)C)nc32)[C@H](O)[C@@H]1O. The number of hydrogen-bond donors (Lipinski definition) is 6. The van der Waals surface area contributed by atoms with Crippen molar-refractivity contribution in [2.75, 3.05) is 30.3 Å². The smallest absolute Gasteiger partial charge is 0.252 e. The molecule has 1 fully saturated rings. The monoisotopic (exact) mass is 590 g/mol. The Morgan fingerprint density at radius 2 is 1.72 bits per heavy atom. The van der Waals surface area contributed by atoms with Crippen molar-refractivity contribution in [2.24, 2.45) is 5.92 Å². The predicted octanol–water partition coefficient (Wildman–Crippen LogP) is 2.25. The Kier molecular flexibility index (Phi) is 9.08. The summed E-state index contributed by atoms with van der Waals surface area (Å²) in [5, 5.41) is 40.7. The molecule has 2 aromatic heterocycles. The maximum Gasteiger partial charge on any atom is 0.252 e. The Morgan fingerprint density at radius 3 is 2.33 bits per heavy atom. The van der Waals surface area contributed by atoms with Gasteiger partial charge < -0.3 is 36.0 Å². The highest BCUT2D eigenvalue weighted by atomic mass is 16.6. The number of nitrogens with zero attached hydrogens (tertiary/aromatic N) is 4. The quantitative estimate of drug-likeness (QED) is 0.144. The number of fused-ring (bicyclic) bond motifs is 1. The fourth-order valence-electron chi connectivity index (χ4n) is 5.21. The third-order valence-electron chi connectivity index (χ3n) is 7.68. The van der Waals surface area contributed by atoms with Crippen molar-refractivity contribution in [3.05, 3.63) is 78.1 Å². The molecule has 0 bridgehead atoms. The van der Waals surface area contributed by atoms with Crippen LogP contribution in [0.3, 0.4) is 0 Å². The van der Waals surface area contributed by atoms with E-state index >= 15 is 0 Å². The number of nitrogens with one attached hydrogen (secondary N) is 3. The molecule has 2 aromatic carbocycles. The van der Waals surface area contributed by atoms with Gasteiger partial charge >= 0.3 is 0 Å². The van der Waals surface area contributed by atoms with Crippen molar-refractivity contribution in [1.82, 2.24) is 24.8 Å². The summed E-state index contributed by atoms with van der Waals surface area (Å²) in [6.45, 7) is 4.32. The molecule has 5 rings (SSSR count). The number of ether oxygens (including phenoxy) is 1. The summed E-state index contributed by atoms with van der Waals surface area (Å²) in [5.41, 5.74) is 2.93. The zero-order valence-corrected chi connectivity index (χ0v) is 24.2. The van der Waals surface area contributed by atoms with Crippen LogP contribution in [-0.2, 0) is 9.53 Å². The van der Waals surface area contributed by atoms with Gasteiger partial charge in [-0.3, -0.25) is 9.36 Å². The van der Waals surface area contributed by atoms with E-state index < -0.39 is 30.4 Å². The molecule has 12 heteroatoms. The first-order valence-electron chi connectivity index (χ1n) is 15.1. The molecule has 3 heterocycles. The number of rotatable bonds is 12. The van der Waals surface area contributed by atoms with Gasteiger partial charge in [0.15, 0.2) is 29.3 Å². The standard InChI is InChI=1S/C31H39N7O5/c1-4-32-29(42)26-24(40)25(41)30(43-26)38-17-34-23-27(36-31(37-28(23)38)35-22(16-39)18(2)3)33-15-21(19-11-7-5-8-12-19)20-13-9-6-10-14-20/h5-14,17-18,21-22,24-26,30,39-41H,4,15-16H2,1-3H3,(H,32,42)(H2,33,35,36,37)/t22?,24-,25+,26-,30-/m0/s1/i1D. The molecule has 43 heavy (non-hydrogen) atoms. The van der Waals surface area contributed by atoms with Crippen LogP contribution in [0.1, 0.15) is 45.4 Å². The lowest BCUT2D eigenvalue weighted by Gasteiger charge is -2.22. The molecule has 0 radical (unpaired) electrons. The van der Waals surface area contributed by atoms with Gasteiger partial charge in [0.25, 0.3) is 5.91 Å². The van der Waals surface area contributed by atoms with Crippen molar-refractivity contribution in [3.8, 4) is 0 Å². The number of amides is 1. The molecule has 0 saturated carbocycles. The van der Waals surface area contributed by atoms with Crippen molar-refractivity contribution in [2.45, 2.75) is 57.2 Å². The molecule has 4 aromatic rings. The molecule has 6 N–H and O–H groups in total. The maximum atomic E-state index is 12.6. The van der Waals surface area contributed by atoms with Gasteiger partial charge in [0.2, 0.25) is 5.95 Å². The van der Waals surface area contributed by atoms with Gasteiger partial charge in [0, 0.05) is 20.4 Å². The third kappa shape index (κ3) is 6.47. The fraction of sp³-hybridized carbons (Fsp3) is 0.419. The van der Waals surface area contributed by atoms with E-state index in [0.29, 0.717) is 23.5 Å². The molecule has 5 atom stereocenters. The van der Waals surface area contributed by atoms with Crippen LogP contribution < -0.4 is 16.0 Å². The van der Waals surface area contributed by atoms with Crippen LogP contribution in [0.15, 0.2) is 67.0 Å². The van der Waals surface area contributed by atoms with E-state index in [1.807, 2.05) is 50.2 Å². The summed E-state index contributed by atoms with van der Waals surface area (Å²) < 4.78 is 14.6. The van der Waals surface area contributed by atoms with Crippen LogP contribution in [0.2, 0.25) is 0 Å². The van der Waals surface area contributed by atoms with E-state index in [1.165, 1.54) is 10.9 Å². The van der Waals surface area contributed by atoms with E-state index in [4.69, 9.17) is 11.1 Å². The van der Waals surface area contributed by atoms with Gasteiger partial charge in [0.1, 0.15) is 12.2 Å². The molecule has 1 amide bonds. The fourth-order valence-corrected chi connectivity index (χ4v) is 5.21. The summed E-state index contributed by atoms with van der Waals surface area (Å²) in [6, 6.07) is 19.9. The minimum Gasteiger partial charge on any atom is -0.394 e. The molecule has 0 aliphatic carbocycles. The van der Waals surface area contributed by atoms with E-state index in [1.54, 1.807) is 0 Å². The highest BCUT2D eigenvalue weighted by Gasteiger charge is 2.47. The molecule has 12 nitrogen and oxygen atoms in total. The van der Waals surface area contributed by atoms with E-state index in [9.17, 15) is 20.1 Å². The van der Waals surface area contributed by atoms with Crippen molar-refractivity contribution >= 4 is 28.8 Å². The minimum atomic E-state index is -1.50. The third-order valence-corrected chi connectivity index (χ3v) is 7.68. The number of aliphatic hydroxyl groups is 3. The second-order valence-corrected chi connectivity index (χ2v) is 10.9. The number of likely N-dealkylation sites (N-methyl/N-ethyl adjacent to an activating group) is 1. The maximum absolute atomic E-state index is 12.6. The summed E-state index contributed by atoms with van der Waals surface area (Å²) in [4.78, 5) is 26.5. The Hall–Kier alpha value is -4.10. The number of carbonyl (C=O) groups excluding carboxylic acids is 1. The molecule has 1 unspecified atom stereocenters. The van der Waals surface area contributed by atoms with Gasteiger partial charge in [-0.1, -0.05) is 74.5 Å². The first-order chi connectivity index (χ1) is 21.3. The largest absolute Gasteiger partial charge is 0.394 e. The van der Waals surface area contributed by atoms with Crippen LogP contribution in [0.5, 0.6) is 0 Å². The zero-order valence-electron chi connectivity index (χ0n) is 25.2. The van der Waals surface area contributed by atoms with Crippen molar-refractivity contribution in [1.29, 1.82) is 0 Å². The van der Waals surface area contributed by atoms with Crippen LogP contribution in [0, 0.1) is 5.92 Å². The number of aromatic nitrogens is 4. The highest BCUT2D eigenvalue weighted by molar-refractivity contribution is 5.85. The van der Waals surface area contributed by atoms with E-state index in [2.05, 4.69) is 50.2 Å². The number of aliphatic hydroxyl groups excluding tert-OH is 3. The van der Waals surface area contributed by atoms with Gasteiger partial charge in [-0.25, -0.2) is 4.98 Å². The summed E-state index contributed by atoms with van der Waals surface area (Å²) >= 11 is 0. The molecular formula is C31H39N7O5. The van der Waals surface area contributed by atoms with Crippen LogP contribution >= 0.6 is 0 Å². The summed E-state index contributed by atoms with van der Waals surface area (Å²) in [7, 11) is 0. The van der Waals surface area contributed by atoms with Crippen molar-refractivity contribution in [3.63, 3.8) is 0 Å². The topological polar surface area (TPSA) is 167 Å². The Labute approximate surface area is 251 Å². The lowest BCUT2D eigenvalue weighted by molar-refractivity contribution is -0.137. The first-order valence-corrected chi connectivity index (χ1v) is 14.4. The molecule has 1 aliphatic rings. The van der Waals surface area contributed by atoms with Crippen molar-refractivity contribution < 1.29 is 26.2 Å². The van der Waals surface area contributed by atoms with Gasteiger partial charge in [-0.15, -0.1) is 0 Å². The summed E-state index contributed by atoms with van der Waals surface area (Å²) in [6.07, 6.45) is -4.04. The molecule has 1 saturated heterocycles. The zero-order chi connectivity index (χ0) is 31.2. The number of anilines is 2. The average Bonchev–Trinajstić information content (AvgIpc) is 3.59. The number of hydrogen-bond acceptors (Lipinski definition) is 10. The molecule has 0 spiro atoms. The van der Waals surface area contributed by atoms with Crippen LogP contribution in [-0.4, -0.2) is 84.8 Å². The molecular weight excluding hydrogens is 550 g/mol. The number of carbonyl (C=O) groups is 1. The van der Waals surface area contributed by atoms with E-state index in [0.717, 1.165) is 11.1 Å². The number of benzene rings is 2. The Balaban J connectivity index is 1.51. The number of imidazole rings is 1. The average molecular weight is 591 g/mol. The lowest BCUT2D eigenvalue weighted by Crippen LogP contribution is -2.42. The molecule has 1 aliphatic heterocycles. The lowest BCUT2D eigenvalue weighted by atomic mass is 9.91. The second kappa shape index (κ2) is 13.5. The predicted molar refractivity (Wildman–Crippen MR) is 162 cm³/mol. The van der Waals surface area contributed by atoms with Gasteiger partial charge in [-0.2, -0.15) is 9.97 Å². The van der Waals surface area contributed by atoms with E-state index in [-0.39, 0.29) is 43.9 Å². The van der Waals surface area contributed by atoms with Gasteiger partial charge in [0.05, 0.1) is 19.0 Å². The Morgan fingerprint density at radius 1 is 1.05 bits per heavy atom. The van der Waals surface area contributed by atoms with Gasteiger partial charge in [-0.05, 0) is 23.9 Å². The van der Waals surface area contributed by atoms with Crippen LogP contribution in [0.25, 0.3) is 11.2 Å². The second-order valence-electron chi connectivity index (χ2n) is 10.9. The summed E-state index contributed by atoms with van der Waals surface area (Å²) in [5.74, 6) is 0.0828.